The number of epoxide rings is 1. The van der Waals surface area contributed by atoms with Crippen molar-refractivity contribution in [2.24, 2.45) is 39.4 Å². The molecule has 7 fully saturated rings. The summed E-state index contributed by atoms with van der Waals surface area (Å²) in [6, 6.07) is 0. The van der Waals surface area contributed by atoms with E-state index in [0.717, 1.165) is 51.4 Å². The van der Waals surface area contributed by atoms with Crippen LogP contribution in [0.5, 0.6) is 0 Å². The second-order valence-corrected chi connectivity index (χ2v) is 14.0. The predicted octanol–water partition coefficient (Wildman–Crippen LogP) is 4.15. The molecule has 0 amide bonds. The molecule has 7 aliphatic rings. The molecule has 12 atom stereocenters. The Morgan fingerprint density at radius 1 is 1.00 bits per heavy atom. The van der Waals surface area contributed by atoms with Crippen LogP contribution in [0.1, 0.15) is 85.5 Å². The van der Waals surface area contributed by atoms with Gasteiger partial charge in [-0.1, -0.05) is 32.9 Å². The van der Waals surface area contributed by atoms with E-state index in [1.54, 1.807) is 0 Å². The Labute approximate surface area is 197 Å². The molecular weight excluding hydrogens is 416 g/mol. The maximum atomic E-state index is 13.6. The van der Waals surface area contributed by atoms with Gasteiger partial charge in [0.2, 0.25) is 0 Å². The third-order valence-corrected chi connectivity index (χ3v) is 13.2. The van der Waals surface area contributed by atoms with Crippen molar-refractivity contribution in [2.45, 2.75) is 115 Å². The molecule has 2 N–H and O–H groups in total. The first-order chi connectivity index (χ1) is 15.4. The van der Waals surface area contributed by atoms with Crippen molar-refractivity contribution < 1.29 is 24.5 Å². The van der Waals surface area contributed by atoms with E-state index in [0.29, 0.717) is 12.3 Å². The molecule has 7 rings (SSSR count). The average molecular weight is 457 g/mol. The number of aliphatic hydroxyl groups excluding tert-OH is 1. The summed E-state index contributed by atoms with van der Waals surface area (Å²) in [5.41, 5.74) is -1.04. The molecule has 0 aromatic rings. The van der Waals surface area contributed by atoms with Crippen LogP contribution in [-0.2, 0) is 14.3 Å². The molecule has 2 heterocycles. The van der Waals surface area contributed by atoms with Crippen LogP contribution >= 0.6 is 0 Å². The van der Waals surface area contributed by atoms with E-state index in [-0.39, 0.29) is 51.7 Å². The van der Waals surface area contributed by atoms with Crippen molar-refractivity contribution in [2.75, 3.05) is 0 Å². The number of allylic oxidation sites excluding steroid dienone is 1. The van der Waals surface area contributed by atoms with Crippen LogP contribution in [0.25, 0.3) is 0 Å². The quantitative estimate of drug-likeness (QED) is 0.325. The van der Waals surface area contributed by atoms with Gasteiger partial charge in [0, 0.05) is 11.3 Å². The van der Waals surface area contributed by atoms with Crippen molar-refractivity contribution >= 4 is 5.97 Å². The topological polar surface area (TPSA) is 79.3 Å². The van der Waals surface area contributed by atoms with Crippen LogP contribution in [0.4, 0.5) is 0 Å². The number of fused-ring (bicyclic) bond motifs is 6. The average Bonchev–Trinajstić information content (AvgIpc) is 3.49. The molecule has 2 saturated heterocycles. The number of aliphatic hydroxyl groups is 2. The maximum absolute atomic E-state index is 13.6. The number of carbonyl (C=O) groups is 1. The molecule has 0 radical (unpaired) electrons. The third-order valence-electron chi connectivity index (χ3n) is 13.2. The Balaban J connectivity index is 1.39. The fourth-order valence-corrected chi connectivity index (χ4v) is 11.4. The molecule has 2 aliphatic heterocycles. The molecule has 33 heavy (non-hydrogen) atoms. The van der Waals surface area contributed by atoms with Crippen LogP contribution < -0.4 is 0 Å². The van der Waals surface area contributed by atoms with E-state index in [2.05, 4.69) is 27.4 Å². The van der Waals surface area contributed by atoms with E-state index in [1.807, 2.05) is 6.92 Å². The summed E-state index contributed by atoms with van der Waals surface area (Å²) in [4.78, 5) is 13.6. The maximum Gasteiger partial charge on any atom is 0.313 e. The van der Waals surface area contributed by atoms with Gasteiger partial charge in [0.25, 0.3) is 0 Å². The van der Waals surface area contributed by atoms with Gasteiger partial charge < -0.3 is 19.7 Å². The second-order valence-electron chi connectivity index (χ2n) is 14.0. The second kappa shape index (κ2) is 5.73. The molecule has 0 aromatic carbocycles. The van der Waals surface area contributed by atoms with Crippen LogP contribution in [0.15, 0.2) is 12.2 Å². The first-order valence-corrected chi connectivity index (χ1v) is 13.3. The first kappa shape index (κ1) is 21.4. The van der Waals surface area contributed by atoms with Crippen molar-refractivity contribution in [1.82, 2.24) is 0 Å². The lowest BCUT2D eigenvalue weighted by atomic mass is 9.31. The zero-order valence-electron chi connectivity index (χ0n) is 20.7. The highest BCUT2D eigenvalue weighted by Gasteiger charge is 2.88. The lowest BCUT2D eigenvalue weighted by Crippen LogP contribution is -2.75. The van der Waals surface area contributed by atoms with Crippen LogP contribution in [0.3, 0.4) is 0 Å². The molecule has 5 saturated carbocycles. The standard InChI is InChI=1S/C28H40O5/c1-15-6-11-27-13-12-25(4)24(3)10-7-16-23(2,9-8-18(29)26(16,5)31)20(24)19-21(32-19)28(25,17(27)14-15)33-22(27)30/h16-21,29,31H,1,6-14H2,2-5H3/t16-,17-,18+,19+,20?,21+,23?,24-,25+,26-,27+,28-/m1/s1. The SMILES string of the molecule is C=C1CC[C@@]23CC[C@]4(C)[C@@](OC2=O)([C@@H]3C1)[C@H]1O[C@H]1C1C2(C)CC[C@H](O)[C@](C)(O)[C@@H]2CC[C@]14C. The van der Waals surface area contributed by atoms with E-state index >= 15 is 0 Å². The summed E-state index contributed by atoms with van der Waals surface area (Å²) in [6.07, 6.45) is 7.39. The Bertz CT molecular complexity index is 973. The van der Waals surface area contributed by atoms with E-state index in [4.69, 9.17) is 9.47 Å². The molecule has 5 aliphatic carbocycles. The van der Waals surface area contributed by atoms with Crippen LogP contribution in [0, 0.1) is 39.4 Å². The number of hydrogen-bond acceptors (Lipinski definition) is 5. The van der Waals surface area contributed by atoms with Gasteiger partial charge in [0.15, 0.2) is 5.60 Å². The number of rotatable bonds is 0. The van der Waals surface area contributed by atoms with Gasteiger partial charge in [0.05, 0.1) is 23.2 Å². The largest absolute Gasteiger partial charge is 0.455 e. The van der Waals surface area contributed by atoms with Gasteiger partial charge in [-0.25, -0.2) is 0 Å². The van der Waals surface area contributed by atoms with Crippen molar-refractivity contribution in [3.8, 4) is 0 Å². The van der Waals surface area contributed by atoms with E-state index in [9.17, 15) is 15.0 Å². The lowest BCUT2D eigenvalue weighted by Gasteiger charge is -2.71. The minimum absolute atomic E-state index is 0.0312. The first-order valence-electron chi connectivity index (χ1n) is 13.3. The smallest absolute Gasteiger partial charge is 0.313 e. The molecule has 2 bridgehead atoms. The summed E-state index contributed by atoms with van der Waals surface area (Å²) in [5, 5.41) is 22.1. The predicted molar refractivity (Wildman–Crippen MR) is 122 cm³/mol. The van der Waals surface area contributed by atoms with Gasteiger partial charge in [-0.3, -0.25) is 4.79 Å². The molecule has 5 nitrogen and oxygen atoms in total. The Hall–Kier alpha value is -0.910. The van der Waals surface area contributed by atoms with Gasteiger partial charge in [-0.15, -0.1) is 0 Å². The number of ether oxygens (including phenoxy) is 2. The summed E-state index contributed by atoms with van der Waals surface area (Å²) < 4.78 is 13.3. The number of carbonyl (C=O) groups excluding carboxylic acids is 1. The Morgan fingerprint density at radius 2 is 1.76 bits per heavy atom. The third kappa shape index (κ3) is 1.99. The number of hydrogen-bond donors (Lipinski definition) is 2. The number of esters is 1. The van der Waals surface area contributed by atoms with Crippen molar-refractivity contribution in [3.63, 3.8) is 0 Å². The minimum Gasteiger partial charge on any atom is -0.455 e. The zero-order valence-corrected chi connectivity index (χ0v) is 20.7. The molecule has 5 heteroatoms. The normalized spacial score (nSPS) is 65.2. The molecule has 1 spiro atoms. The summed E-state index contributed by atoms with van der Waals surface area (Å²) in [6.45, 7) is 13.4. The van der Waals surface area contributed by atoms with Crippen LogP contribution in [-0.4, -0.2) is 45.7 Å². The fourth-order valence-electron chi connectivity index (χ4n) is 11.4. The highest BCUT2D eigenvalue weighted by atomic mass is 16.6. The van der Waals surface area contributed by atoms with Crippen molar-refractivity contribution in [1.29, 1.82) is 0 Å². The minimum atomic E-state index is -1.07. The summed E-state index contributed by atoms with van der Waals surface area (Å²) >= 11 is 0. The molecule has 2 unspecified atom stereocenters. The molecule has 182 valence electrons. The van der Waals surface area contributed by atoms with E-state index in [1.165, 1.54) is 5.57 Å². The Kier molecular flexibility index (Phi) is 3.71. The summed E-state index contributed by atoms with van der Waals surface area (Å²) in [5.74, 6) is 0.551. The molecule has 0 aromatic heterocycles. The molecular formula is C28H40O5. The summed E-state index contributed by atoms with van der Waals surface area (Å²) in [7, 11) is 0. The Morgan fingerprint density at radius 3 is 2.52 bits per heavy atom. The van der Waals surface area contributed by atoms with Crippen LogP contribution in [0.2, 0.25) is 0 Å². The van der Waals surface area contributed by atoms with Gasteiger partial charge in [0.1, 0.15) is 6.10 Å². The highest BCUT2D eigenvalue weighted by molar-refractivity contribution is 5.82. The van der Waals surface area contributed by atoms with Crippen molar-refractivity contribution in [3.05, 3.63) is 12.2 Å². The lowest BCUT2D eigenvalue weighted by molar-refractivity contribution is -0.280. The van der Waals surface area contributed by atoms with Gasteiger partial charge in [-0.05, 0) is 87.4 Å². The highest BCUT2D eigenvalue weighted by Crippen LogP contribution is 2.82. The van der Waals surface area contributed by atoms with E-state index < -0.39 is 17.3 Å². The zero-order chi connectivity index (χ0) is 23.4. The fraction of sp³-hybridized carbons (Fsp3) is 0.893. The monoisotopic (exact) mass is 456 g/mol. The van der Waals surface area contributed by atoms with Gasteiger partial charge >= 0.3 is 5.97 Å². The van der Waals surface area contributed by atoms with Gasteiger partial charge in [-0.2, -0.15) is 0 Å².